The van der Waals surface area contributed by atoms with E-state index >= 15 is 0 Å². The van der Waals surface area contributed by atoms with Gasteiger partial charge in [-0.2, -0.15) is 0 Å². The van der Waals surface area contributed by atoms with Gasteiger partial charge in [0.25, 0.3) is 0 Å². The second kappa shape index (κ2) is 11.2. The fraction of sp³-hybridized carbons (Fsp3) is 0.192. The number of carbonyl (C=O) groups excluding carboxylic acids is 2. The minimum Gasteiger partial charge on any atom is -0.355 e. The van der Waals surface area contributed by atoms with E-state index in [4.69, 9.17) is 16.6 Å². The van der Waals surface area contributed by atoms with E-state index in [0.29, 0.717) is 29.0 Å². The molecule has 1 fully saturated rings. The molecule has 33 heavy (non-hydrogen) atoms. The molecule has 1 aliphatic rings. The summed E-state index contributed by atoms with van der Waals surface area (Å²) in [5.74, 6) is -0.263. The van der Waals surface area contributed by atoms with Crippen molar-refractivity contribution >= 4 is 46.0 Å². The number of halogens is 1. The molecule has 3 aromatic carbocycles. The van der Waals surface area contributed by atoms with Gasteiger partial charge in [0.1, 0.15) is 0 Å². The summed E-state index contributed by atoms with van der Waals surface area (Å²) < 4.78 is 0. The average molecular weight is 478 g/mol. The Morgan fingerprint density at radius 1 is 0.970 bits per heavy atom. The monoisotopic (exact) mass is 477 g/mol. The molecule has 0 saturated carbocycles. The lowest BCUT2D eigenvalue weighted by Crippen LogP contribution is -2.46. The second-order valence-electron chi connectivity index (χ2n) is 7.67. The maximum Gasteiger partial charge on any atom is 0.234 e. The summed E-state index contributed by atoms with van der Waals surface area (Å²) in [5.41, 5.74) is 2.84. The number of hydrogen-bond acceptors (Lipinski definition) is 4. The fourth-order valence-corrected chi connectivity index (χ4v) is 4.73. The van der Waals surface area contributed by atoms with Gasteiger partial charge in [0.05, 0.1) is 17.5 Å². The summed E-state index contributed by atoms with van der Waals surface area (Å²) in [6.45, 7) is 0.924. The van der Waals surface area contributed by atoms with Crippen molar-refractivity contribution < 1.29 is 9.59 Å². The van der Waals surface area contributed by atoms with Crippen LogP contribution in [0.5, 0.6) is 0 Å². The van der Waals surface area contributed by atoms with Crippen molar-refractivity contribution in [2.75, 3.05) is 6.54 Å². The van der Waals surface area contributed by atoms with E-state index < -0.39 is 5.25 Å². The van der Waals surface area contributed by atoms with Crippen LogP contribution in [0.3, 0.4) is 0 Å². The zero-order chi connectivity index (χ0) is 23.0. The summed E-state index contributed by atoms with van der Waals surface area (Å²) in [5, 5.41) is 3.58. The van der Waals surface area contributed by atoms with Crippen LogP contribution in [0.25, 0.3) is 0 Å². The van der Waals surface area contributed by atoms with E-state index in [9.17, 15) is 9.59 Å². The maximum absolute atomic E-state index is 13.1. The Labute approximate surface area is 202 Å². The van der Waals surface area contributed by atoms with Crippen molar-refractivity contribution in [1.82, 2.24) is 10.2 Å². The normalized spacial score (nSPS) is 17.2. The standard InChI is InChI=1S/C26H24ClN3O2S/c27-21-11-13-22(14-12-21)29-26-30(18-20-9-5-2-6-10-20)24(31)17-23(33-26)25(32)28-16-15-19-7-3-1-4-8-19/h1-14,23H,15-18H2,(H,28,32)/t23-/m1/s1. The zero-order valence-corrected chi connectivity index (χ0v) is 19.6. The summed E-state index contributed by atoms with van der Waals surface area (Å²) in [6, 6.07) is 26.9. The molecule has 2 amide bonds. The molecular weight excluding hydrogens is 454 g/mol. The van der Waals surface area contributed by atoms with E-state index in [1.807, 2.05) is 60.7 Å². The molecule has 7 heteroatoms. The Hall–Kier alpha value is -3.09. The molecule has 1 aliphatic heterocycles. The van der Waals surface area contributed by atoms with Gasteiger partial charge in [-0.15, -0.1) is 0 Å². The Bertz CT molecular complexity index is 1120. The minimum atomic E-state index is -0.522. The highest BCUT2D eigenvalue weighted by molar-refractivity contribution is 8.15. The molecule has 0 spiro atoms. The van der Waals surface area contributed by atoms with Crippen LogP contribution in [0, 0.1) is 0 Å². The van der Waals surface area contributed by atoms with Crippen molar-refractivity contribution in [1.29, 1.82) is 0 Å². The molecule has 1 heterocycles. The molecular formula is C26H24ClN3O2S. The number of carbonyl (C=O) groups is 2. The number of nitrogens with zero attached hydrogens (tertiary/aromatic N) is 2. The van der Waals surface area contributed by atoms with Gasteiger partial charge in [-0.05, 0) is 41.8 Å². The lowest BCUT2D eigenvalue weighted by molar-refractivity contribution is -0.130. The number of amidine groups is 1. The van der Waals surface area contributed by atoms with Crippen LogP contribution in [-0.4, -0.2) is 33.7 Å². The zero-order valence-electron chi connectivity index (χ0n) is 18.0. The third-order valence-electron chi connectivity index (χ3n) is 5.22. The molecule has 0 bridgehead atoms. The molecule has 1 saturated heterocycles. The van der Waals surface area contributed by atoms with E-state index in [-0.39, 0.29) is 18.2 Å². The molecule has 5 nitrogen and oxygen atoms in total. The third-order valence-corrected chi connectivity index (χ3v) is 6.66. The summed E-state index contributed by atoms with van der Waals surface area (Å²) in [4.78, 5) is 32.3. The first kappa shape index (κ1) is 23.1. The van der Waals surface area contributed by atoms with E-state index in [1.165, 1.54) is 11.8 Å². The van der Waals surface area contributed by atoms with Crippen LogP contribution >= 0.6 is 23.4 Å². The second-order valence-corrected chi connectivity index (χ2v) is 9.28. The van der Waals surface area contributed by atoms with Crippen molar-refractivity contribution in [3.05, 3.63) is 101 Å². The van der Waals surface area contributed by atoms with E-state index in [1.54, 1.807) is 29.2 Å². The average Bonchev–Trinajstić information content (AvgIpc) is 2.84. The van der Waals surface area contributed by atoms with Gasteiger partial charge in [-0.1, -0.05) is 84.0 Å². The molecule has 1 atom stereocenters. The number of amides is 2. The molecule has 0 aromatic heterocycles. The largest absolute Gasteiger partial charge is 0.355 e. The Morgan fingerprint density at radius 2 is 1.61 bits per heavy atom. The lowest BCUT2D eigenvalue weighted by atomic mass is 10.1. The maximum atomic E-state index is 13.1. The fourth-order valence-electron chi connectivity index (χ4n) is 3.48. The highest BCUT2D eigenvalue weighted by atomic mass is 35.5. The van der Waals surface area contributed by atoms with Crippen LogP contribution in [0.1, 0.15) is 17.5 Å². The van der Waals surface area contributed by atoms with Crippen molar-refractivity contribution in [2.24, 2.45) is 4.99 Å². The molecule has 0 aliphatic carbocycles. The van der Waals surface area contributed by atoms with Crippen molar-refractivity contribution in [3.8, 4) is 0 Å². The molecule has 0 radical (unpaired) electrons. The topological polar surface area (TPSA) is 61.8 Å². The van der Waals surface area contributed by atoms with E-state index in [2.05, 4.69) is 5.32 Å². The summed E-state index contributed by atoms with van der Waals surface area (Å²) in [6.07, 6.45) is 0.873. The highest BCUT2D eigenvalue weighted by Crippen LogP contribution is 2.30. The van der Waals surface area contributed by atoms with Gasteiger partial charge >= 0.3 is 0 Å². The lowest BCUT2D eigenvalue weighted by Gasteiger charge is -2.32. The van der Waals surface area contributed by atoms with Gasteiger partial charge in [-0.25, -0.2) is 4.99 Å². The Balaban J connectivity index is 1.49. The van der Waals surface area contributed by atoms with Gasteiger partial charge < -0.3 is 5.32 Å². The van der Waals surface area contributed by atoms with Crippen LogP contribution < -0.4 is 5.32 Å². The van der Waals surface area contributed by atoms with Crippen LogP contribution in [-0.2, 0) is 22.6 Å². The number of benzene rings is 3. The van der Waals surface area contributed by atoms with Crippen LogP contribution in [0.15, 0.2) is 89.9 Å². The number of thioether (sulfide) groups is 1. The van der Waals surface area contributed by atoms with Gasteiger partial charge in [0.2, 0.25) is 11.8 Å². The number of rotatable bonds is 7. The van der Waals surface area contributed by atoms with Gasteiger partial charge in [0.15, 0.2) is 5.17 Å². The first-order chi connectivity index (χ1) is 16.1. The predicted molar refractivity (Wildman–Crippen MR) is 135 cm³/mol. The van der Waals surface area contributed by atoms with E-state index in [0.717, 1.165) is 17.5 Å². The van der Waals surface area contributed by atoms with Crippen LogP contribution in [0.2, 0.25) is 5.02 Å². The van der Waals surface area contributed by atoms with Crippen molar-refractivity contribution in [2.45, 2.75) is 24.6 Å². The van der Waals surface area contributed by atoms with Gasteiger partial charge in [0, 0.05) is 18.0 Å². The Morgan fingerprint density at radius 3 is 2.27 bits per heavy atom. The smallest absolute Gasteiger partial charge is 0.234 e. The predicted octanol–water partition coefficient (Wildman–Crippen LogP) is 5.22. The molecule has 168 valence electrons. The molecule has 1 N–H and O–H groups in total. The number of hydrogen-bond donors (Lipinski definition) is 1. The quantitative estimate of drug-likeness (QED) is 0.507. The Kier molecular flexibility index (Phi) is 7.81. The molecule has 0 unspecified atom stereocenters. The number of aliphatic imine (C=N–C) groups is 1. The van der Waals surface area contributed by atoms with Crippen molar-refractivity contribution in [3.63, 3.8) is 0 Å². The minimum absolute atomic E-state index is 0.117. The van der Waals surface area contributed by atoms with Gasteiger partial charge in [-0.3, -0.25) is 14.5 Å². The summed E-state index contributed by atoms with van der Waals surface area (Å²) >= 11 is 7.33. The molecule has 3 aromatic rings. The molecule has 4 rings (SSSR count). The first-order valence-corrected chi connectivity index (χ1v) is 12.0. The SMILES string of the molecule is O=C(NCCc1ccccc1)[C@H]1CC(=O)N(Cc2ccccc2)C(=Nc2ccc(Cl)cc2)S1. The number of nitrogens with one attached hydrogen (secondary N) is 1. The first-order valence-electron chi connectivity index (χ1n) is 10.8. The summed E-state index contributed by atoms with van der Waals surface area (Å²) in [7, 11) is 0. The highest BCUT2D eigenvalue weighted by Gasteiger charge is 2.35. The van der Waals surface area contributed by atoms with Crippen LogP contribution in [0.4, 0.5) is 5.69 Å². The third kappa shape index (κ3) is 6.46.